The first-order valence-corrected chi connectivity index (χ1v) is 10.3. The third kappa shape index (κ3) is 4.36. The third-order valence-electron chi connectivity index (χ3n) is 4.00. The van der Waals surface area contributed by atoms with E-state index in [-0.39, 0.29) is 46.0 Å². The molecule has 0 atom stereocenters. The Kier molecular flexibility index (Phi) is 5.61. The van der Waals surface area contributed by atoms with Crippen molar-refractivity contribution >= 4 is 38.9 Å². The third-order valence-corrected chi connectivity index (χ3v) is 6.05. The lowest BCUT2D eigenvalue weighted by molar-refractivity contribution is -0.142. The minimum absolute atomic E-state index is 0.00541. The van der Waals surface area contributed by atoms with E-state index in [1.54, 1.807) is 6.92 Å². The van der Waals surface area contributed by atoms with E-state index >= 15 is 0 Å². The van der Waals surface area contributed by atoms with Crippen LogP contribution in [0.1, 0.15) is 24.6 Å². The van der Waals surface area contributed by atoms with Gasteiger partial charge in [0.2, 0.25) is 5.28 Å². The van der Waals surface area contributed by atoms with Gasteiger partial charge in [-0.3, -0.25) is 4.79 Å². The molecule has 1 aliphatic heterocycles. The number of aromatic nitrogens is 2. The van der Waals surface area contributed by atoms with E-state index in [0.717, 1.165) is 6.07 Å². The summed E-state index contributed by atoms with van der Waals surface area (Å²) in [6.45, 7) is 1.89. The number of ether oxygens (including phenoxy) is 1. The molecule has 0 fully saturated rings. The molecule has 0 unspecified atom stereocenters. The average Bonchev–Trinajstić information content (AvgIpc) is 2.56. The fraction of sp³-hybridized carbons (Fsp3) is 0.353. The molecule has 0 amide bonds. The first kappa shape index (κ1) is 19.5. The Bertz CT molecular complexity index is 998. The van der Waals surface area contributed by atoms with Crippen molar-refractivity contribution in [2.75, 3.05) is 17.7 Å². The van der Waals surface area contributed by atoms with Crippen LogP contribution in [-0.2, 0) is 32.2 Å². The molecule has 1 aromatic carbocycles. The predicted molar refractivity (Wildman–Crippen MR) is 97.4 cm³/mol. The Hall–Kier alpha value is -2.26. The van der Waals surface area contributed by atoms with E-state index in [0.29, 0.717) is 18.5 Å². The van der Waals surface area contributed by atoms with Crippen molar-refractivity contribution in [2.24, 2.45) is 0 Å². The number of carbonyl (C=O) groups is 1. The van der Waals surface area contributed by atoms with Crippen LogP contribution in [0.15, 0.2) is 23.1 Å². The van der Waals surface area contributed by atoms with E-state index in [4.69, 9.17) is 16.3 Å². The summed E-state index contributed by atoms with van der Waals surface area (Å²) < 4.78 is 43.9. The Morgan fingerprint density at radius 2 is 2.15 bits per heavy atom. The molecule has 2 aromatic rings. The second-order valence-electron chi connectivity index (χ2n) is 5.95. The van der Waals surface area contributed by atoms with Gasteiger partial charge in [-0.15, -0.1) is 0 Å². The SMILES string of the molecule is CCOC(=O)Cc1ccc(Nc2nc(Cl)nc3c2S(=O)(=O)CCC3)cc1F. The second kappa shape index (κ2) is 7.77. The van der Waals surface area contributed by atoms with Crippen molar-refractivity contribution < 1.29 is 22.3 Å². The fourth-order valence-electron chi connectivity index (χ4n) is 2.85. The van der Waals surface area contributed by atoms with Gasteiger partial charge in [-0.2, -0.15) is 4.98 Å². The summed E-state index contributed by atoms with van der Waals surface area (Å²) in [5.41, 5.74) is 0.801. The number of sulfone groups is 1. The molecule has 3 rings (SSSR count). The Morgan fingerprint density at radius 1 is 1.37 bits per heavy atom. The number of nitrogens with one attached hydrogen (secondary N) is 1. The van der Waals surface area contributed by atoms with Gasteiger partial charge < -0.3 is 10.1 Å². The molecule has 0 saturated carbocycles. The number of benzene rings is 1. The van der Waals surface area contributed by atoms with Crippen molar-refractivity contribution in [1.82, 2.24) is 9.97 Å². The van der Waals surface area contributed by atoms with Crippen LogP contribution in [0.5, 0.6) is 0 Å². The molecule has 0 radical (unpaired) electrons. The number of fused-ring (bicyclic) bond motifs is 1. The quantitative estimate of drug-likeness (QED) is 0.594. The predicted octanol–water partition coefficient (Wildman–Crippen LogP) is 2.84. The number of hydrogen-bond acceptors (Lipinski definition) is 7. The molecule has 10 heteroatoms. The molecule has 2 heterocycles. The number of carbonyl (C=O) groups excluding carboxylic acids is 1. The maximum absolute atomic E-state index is 14.3. The fourth-order valence-corrected chi connectivity index (χ4v) is 4.67. The van der Waals surface area contributed by atoms with E-state index in [2.05, 4.69) is 15.3 Å². The van der Waals surface area contributed by atoms with Crippen molar-refractivity contribution in [3.63, 3.8) is 0 Å². The molecule has 1 aliphatic rings. The summed E-state index contributed by atoms with van der Waals surface area (Å²) in [5, 5.41) is 2.71. The van der Waals surface area contributed by atoms with Crippen LogP contribution < -0.4 is 5.32 Å². The van der Waals surface area contributed by atoms with E-state index in [1.165, 1.54) is 12.1 Å². The van der Waals surface area contributed by atoms with Crippen LogP contribution >= 0.6 is 11.6 Å². The van der Waals surface area contributed by atoms with Gasteiger partial charge >= 0.3 is 5.97 Å². The molecule has 0 saturated heterocycles. The smallest absolute Gasteiger partial charge is 0.310 e. The molecule has 7 nitrogen and oxygen atoms in total. The highest BCUT2D eigenvalue weighted by molar-refractivity contribution is 7.91. The zero-order valence-corrected chi connectivity index (χ0v) is 16.0. The van der Waals surface area contributed by atoms with Gasteiger partial charge in [0.25, 0.3) is 0 Å². The van der Waals surface area contributed by atoms with Crippen LogP contribution in [0.3, 0.4) is 0 Å². The number of nitrogens with zero attached hydrogens (tertiary/aromatic N) is 2. The van der Waals surface area contributed by atoms with E-state index in [9.17, 15) is 17.6 Å². The Morgan fingerprint density at radius 3 is 2.85 bits per heavy atom. The summed E-state index contributed by atoms with van der Waals surface area (Å²) in [6.07, 6.45) is 0.737. The number of halogens is 2. The molecule has 0 aliphatic carbocycles. The molecule has 1 N–H and O–H groups in total. The molecule has 144 valence electrons. The van der Waals surface area contributed by atoms with Crippen LogP contribution in [0.25, 0.3) is 0 Å². The summed E-state index contributed by atoms with van der Waals surface area (Å²) in [4.78, 5) is 19.5. The number of aryl methyl sites for hydroxylation is 1. The first-order valence-electron chi connectivity index (χ1n) is 8.30. The molecule has 27 heavy (non-hydrogen) atoms. The maximum Gasteiger partial charge on any atom is 0.310 e. The van der Waals surface area contributed by atoms with Crippen LogP contribution in [0.2, 0.25) is 5.28 Å². The van der Waals surface area contributed by atoms with Crippen molar-refractivity contribution in [3.05, 3.63) is 40.6 Å². The number of hydrogen-bond donors (Lipinski definition) is 1. The molecule has 0 bridgehead atoms. The van der Waals surface area contributed by atoms with Gasteiger partial charge in [0, 0.05) is 5.69 Å². The van der Waals surface area contributed by atoms with Gasteiger partial charge in [0.15, 0.2) is 15.7 Å². The van der Waals surface area contributed by atoms with Gasteiger partial charge in [-0.05, 0) is 49.1 Å². The lowest BCUT2D eigenvalue weighted by Crippen LogP contribution is -2.20. The number of anilines is 2. The van der Waals surface area contributed by atoms with Crippen LogP contribution in [0.4, 0.5) is 15.9 Å². The highest BCUT2D eigenvalue weighted by Crippen LogP contribution is 2.32. The lowest BCUT2D eigenvalue weighted by Gasteiger charge is -2.19. The summed E-state index contributed by atoms with van der Waals surface area (Å²) in [6, 6.07) is 4.11. The number of esters is 1. The summed E-state index contributed by atoms with van der Waals surface area (Å²) in [7, 11) is -3.55. The van der Waals surface area contributed by atoms with Crippen molar-refractivity contribution in [1.29, 1.82) is 0 Å². The first-order chi connectivity index (χ1) is 12.8. The van der Waals surface area contributed by atoms with Gasteiger partial charge in [-0.25, -0.2) is 17.8 Å². The van der Waals surface area contributed by atoms with Crippen molar-refractivity contribution in [2.45, 2.75) is 31.1 Å². The average molecular weight is 414 g/mol. The second-order valence-corrected chi connectivity index (χ2v) is 8.34. The molecule has 1 aromatic heterocycles. The van der Waals surface area contributed by atoms with Gasteiger partial charge in [0.1, 0.15) is 10.7 Å². The summed E-state index contributed by atoms with van der Waals surface area (Å²) >= 11 is 5.90. The van der Waals surface area contributed by atoms with Crippen molar-refractivity contribution in [3.8, 4) is 0 Å². The molecular formula is C17H17ClFN3O4S. The Labute approximate surface area is 160 Å². The lowest BCUT2D eigenvalue weighted by atomic mass is 10.1. The van der Waals surface area contributed by atoms with E-state index in [1.807, 2.05) is 0 Å². The van der Waals surface area contributed by atoms with Gasteiger partial charge in [-0.1, -0.05) is 6.07 Å². The van der Waals surface area contributed by atoms with Crippen LogP contribution in [-0.4, -0.2) is 36.7 Å². The largest absolute Gasteiger partial charge is 0.466 e. The highest BCUT2D eigenvalue weighted by Gasteiger charge is 2.30. The monoisotopic (exact) mass is 413 g/mol. The zero-order chi connectivity index (χ0) is 19.6. The topological polar surface area (TPSA) is 98.2 Å². The van der Waals surface area contributed by atoms with Gasteiger partial charge in [0.05, 0.1) is 24.5 Å². The normalized spacial score (nSPS) is 15.1. The number of rotatable bonds is 5. The standard InChI is InChI=1S/C17H17ClFN3O4S/c1-2-26-14(23)8-10-5-6-11(9-12(10)19)20-16-15-13(21-17(18)22-16)4-3-7-27(15,24)25/h5-6,9H,2-4,7-8H2,1H3,(H,20,21,22). The minimum atomic E-state index is -3.55. The molecule has 0 spiro atoms. The zero-order valence-electron chi connectivity index (χ0n) is 14.5. The minimum Gasteiger partial charge on any atom is -0.466 e. The maximum atomic E-state index is 14.3. The van der Waals surface area contributed by atoms with E-state index < -0.39 is 21.6 Å². The van der Waals surface area contributed by atoms with Crippen LogP contribution in [0, 0.1) is 5.82 Å². The molecular weight excluding hydrogens is 397 g/mol. The highest BCUT2D eigenvalue weighted by atomic mass is 35.5. The summed E-state index contributed by atoms with van der Waals surface area (Å²) in [5.74, 6) is -1.14. The Balaban J connectivity index is 1.91.